The second kappa shape index (κ2) is 5.37. The third-order valence-corrected chi connectivity index (χ3v) is 3.63. The van der Waals surface area contributed by atoms with Gasteiger partial charge in [-0.2, -0.15) is 0 Å². The van der Waals surface area contributed by atoms with Crippen LogP contribution in [-0.2, 0) is 11.5 Å². The predicted molar refractivity (Wildman–Crippen MR) is 71.1 cm³/mol. The molecule has 1 aromatic heterocycles. The fraction of sp³-hybridized carbons (Fsp3) is 0.667. The average Bonchev–Trinajstić information content (AvgIpc) is 2.44. The number of rotatable bonds is 5. The van der Waals surface area contributed by atoms with Crippen molar-refractivity contribution in [2.24, 2.45) is 0 Å². The molecule has 0 saturated carbocycles. The topological polar surface area (TPSA) is 27.1 Å². The van der Waals surface area contributed by atoms with Gasteiger partial charge in [0.25, 0.3) is 0 Å². The van der Waals surface area contributed by atoms with Crippen LogP contribution < -0.4 is 0 Å². The van der Waals surface area contributed by atoms with Crippen LogP contribution >= 0.6 is 32.6 Å². The summed E-state index contributed by atoms with van der Waals surface area (Å²) in [6.07, 6.45) is 10.7. The summed E-state index contributed by atoms with van der Waals surface area (Å²) in [7, 11) is -0.425. The van der Waals surface area contributed by atoms with Crippen LogP contribution in [0, 0.1) is 3.70 Å². The van der Waals surface area contributed by atoms with Gasteiger partial charge in [-0.3, -0.25) is 0 Å². The van der Waals surface area contributed by atoms with Gasteiger partial charge in [-0.15, -0.1) is 0 Å². The molecule has 0 aliphatic rings. The number of hydrogen-bond donors (Lipinski definition) is 0. The molecule has 0 aliphatic carbocycles. The normalized spacial score (nSPS) is 13.1. The number of halogens is 1. The van der Waals surface area contributed by atoms with Gasteiger partial charge >= 0.3 is 0 Å². The summed E-state index contributed by atoms with van der Waals surface area (Å²) in [5.74, 6) is 1.17. The van der Waals surface area contributed by atoms with E-state index in [-0.39, 0.29) is 0 Å². The molecule has 0 atom stereocenters. The summed E-state index contributed by atoms with van der Waals surface area (Å²) in [6.45, 7) is 1.46. The Morgan fingerprint density at radius 3 is 2.71 bits per heavy atom. The molecule has 1 rings (SSSR count). The molecule has 0 radical (unpaired) electrons. The lowest BCUT2D eigenvalue weighted by atomic mass is 10.8. The van der Waals surface area contributed by atoms with Crippen molar-refractivity contribution >= 4 is 32.6 Å². The molecule has 0 N–H and O–H groups in total. The minimum Gasteiger partial charge on any atom is -0.360 e. The van der Waals surface area contributed by atoms with Gasteiger partial charge in [0.15, 0.2) is 0 Å². The summed E-state index contributed by atoms with van der Waals surface area (Å²) in [6, 6.07) is 0. The van der Waals surface area contributed by atoms with Gasteiger partial charge in [-0.1, -0.05) is 0 Å². The number of hydrogen-bond acceptors (Lipinski definition) is 2. The molecule has 5 heteroatoms. The molecule has 0 saturated heterocycles. The lowest BCUT2D eigenvalue weighted by molar-refractivity contribution is 0.0895. The van der Waals surface area contributed by atoms with E-state index in [1.54, 1.807) is 6.33 Å². The van der Waals surface area contributed by atoms with Crippen LogP contribution in [0.3, 0.4) is 0 Å². The fourth-order valence-electron chi connectivity index (χ4n) is 0.882. The van der Waals surface area contributed by atoms with E-state index < -0.39 is 10.0 Å². The monoisotopic (exact) mass is 328 g/mol. The van der Waals surface area contributed by atoms with E-state index in [1.165, 1.54) is 5.75 Å². The lowest BCUT2D eigenvalue weighted by Gasteiger charge is -2.24. The van der Waals surface area contributed by atoms with Crippen LogP contribution in [0.15, 0.2) is 12.5 Å². The molecular formula is C9H17IN2OS. The molecule has 0 bridgehead atoms. The molecule has 0 amide bonds. The molecule has 14 heavy (non-hydrogen) atoms. The standard InChI is InChI=1S/C9H17IN2OS/c1-14(2,3)5-4-13-8-12-6-9(10)11-7-12/h6-7H,4-5,8H2,1-3H3. The van der Waals surface area contributed by atoms with E-state index in [0.29, 0.717) is 6.73 Å². The van der Waals surface area contributed by atoms with Crippen molar-refractivity contribution in [1.29, 1.82) is 0 Å². The van der Waals surface area contributed by atoms with Gasteiger partial charge in [-0.05, 0) is 41.4 Å². The van der Waals surface area contributed by atoms with E-state index in [1.807, 2.05) is 10.8 Å². The maximum absolute atomic E-state index is 5.55. The Morgan fingerprint density at radius 1 is 1.50 bits per heavy atom. The highest BCUT2D eigenvalue weighted by molar-refractivity contribution is 14.1. The van der Waals surface area contributed by atoms with Crippen molar-refractivity contribution in [3.8, 4) is 0 Å². The van der Waals surface area contributed by atoms with Crippen molar-refractivity contribution in [3.63, 3.8) is 0 Å². The molecule has 0 aromatic carbocycles. The van der Waals surface area contributed by atoms with Crippen LogP contribution in [-0.4, -0.2) is 40.7 Å². The third-order valence-electron chi connectivity index (χ3n) is 1.68. The zero-order chi connectivity index (χ0) is 10.6. The quantitative estimate of drug-likeness (QED) is 0.612. The second-order valence-corrected chi connectivity index (χ2v) is 9.74. The lowest BCUT2D eigenvalue weighted by Crippen LogP contribution is -2.09. The van der Waals surface area contributed by atoms with E-state index in [9.17, 15) is 0 Å². The Hall–Kier alpha value is 0.250. The summed E-state index contributed by atoms with van der Waals surface area (Å²) in [5, 5.41) is 0. The fourth-order valence-corrected chi connectivity index (χ4v) is 1.98. The smallest absolute Gasteiger partial charge is 0.123 e. The molecular weight excluding hydrogens is 311 g/mol. The highest BCUT2D eigenvalue weighted by atomic mass is 127. The number of aromatic nitrogens is 2. The zero-order valence-corrected chi connectivity index (χ0v) is 11.8. The predicted octanol–water partition coefficient (Wildman–Crippen LogP) is 2.16. The molecule has 0 unspecified atom stereocenters. The highest BCUT2D eigenvalue weighted by Crippen LogP contribution is 2.33. The number of imidazole rings is 1. The number of ether oxygens (including phenoxy) is 1. The summed E-state index contributed by atoms with van der Waals surface area (Å²) >= 11 is 2.19. The molecule has 3 nitrogen and oxygen atoms in total. The second-order valence-electron chi connectivity index (χ2n) is 4.04. The van der Waals surface area contributed by atoms with E-state index in [0.717, 1.165) is 10.3 Å². The van der Waals surface area contributed by atoms with Gasteiger partial charge < -0.3 is 9.30 Å². The van der Waals surface area contributed by atoms with Crippen LogP contribution in [0.5, 0.6) is 0 Å². The Balaban J connectivity index is 2.16. The Bertz CT molecular complexity index is 283. The van der Waals surface area contributed by atoms with Crippen molar-refractivity contribution in [3.05, 3.63) is 16.2 Å². The molecule has 0 aliphatic heterocycles. The zero-order valence-electron chi connectivity index (χ0n) is 8.86. The largest absolute Gasteiger partial charge is 0.360 e. The first-order valence-electron chi connectivity index (χ1n) is 4.38. The van der Waals surface area contributed by atoms with Crippen molar-refractivity contribution in [1.82, 2.24) is 9.55 Å². The minimum absolute atomic E-state index is 0.425. The van der Waals surface area contributed by atoms with Gasteiger partial charge in [0, 0.05) is 11.9 Å². The summed E-state index contributed by atoms with van der Waals surface area (Å²) in [5.41, 5.74) is 0. The Labute approximate surface area is 101 Å². The first-order valence-corrected chi connectivity index (χ1v) is 8.49. The Morgan fingerprint density at radius 2 is 2.21 bits per heavy atom. The highest BCUT2D eigenvalue weighted by Gasteiger charge is 2.03. The third kappa shape index (κ3) is 5.21. The van der Waals surface area contributed by atoms with Crippen molar-refractivity contribution in [2.45, 2.75) is 6.73 Å². The molecule has 0 fully saturated rings. The van der Waals surface area contributed by atoms with E-state index in [4.69, 9.17) is 4.74 Å². The van der Waals surface area contributed by atoms with Crippen LogP contribution in [0.4, 0.5) is 0 Å². The SMILES string of the molecule is CS(C)(C)CCOCn1cnc(I)c1. The van der Waals surface area contributed by atoms with Crippen LogP contribution in [0.2, 0.25) is 0 Å². The average molecular weight is 328 g/mol. The van der Waals surface area contributed by atoms with Gasteiger partial charge in [0.1, 0.15) is 10.4 Å². The first kappa shape index (κ1) is 12.3. The molecule has 0 spiro atoms. The first-order chi connectivity index (χ1) is 6.47. The van der Waals surface area contributed by atoms with Gasteiger partial charge in [-0.25, -0.2) is 15.0 Å². The minimum atomic E-state index is -0.425. The maximum atomic E-state index is 5.55. The van der Waals surface area contributed by atoms with Crippen LogP contribution in [0.1, 0.15) is 0 Å². The van der Waals surface area contributed by atoms with Crippen molar-refractivity contribution in [2.75, 3.05) is 31.1 Å². The summed E-state index contributed by atoms with van der Waals surface area (Å²) < 4.78 is 8.51. The van der Waals surface area contributed by atoms with E-state index in [2.05, 4.69) is 46.3 Å². The van der Waals surface area contributed by atoms with Crippen molar-refractivity contribution < 1.29 is 4.74 Å². The molecule has 1 heterocycles. The number of nitrogens with zero attached hydrogens (tertiary/aromatic N) is 2. The molecule has 1 aromatic rings. The Kier molecular flexibility index (Phi) is 4.72. The maximum Gasteiger partial charge on any atom is 0.123 e. The van der Waals surface area contributed by atoms with E-state index >= 15 is 0 Å². The van der Waals surface area contributed by atoms with Gasteiger partial charge in [0.05, 0.1) is 12.9 Å². The van der Waals surface area contributed by atoms with Gasteiger partial charge in [0.2, 0.25) is 0 Å². The molecule has 82 valence electrons. The van der Waals surface area contributed by atoms with Crippen LogP contribution in [0.25, 0.3) is 0 Å². The summed E-state index contributed by atoms with van der Waals surface area (Å²) in [4.78, 5) is 4.12.